The Kier molecular flexibility index (Phi) is 8.05. The first-order valence-corrected chi connectivity index (χ1v) is 7.91. The summed E-state index contributed by atoms with van der Waals surface area (Å²) in [5.41, 5.74) is 0. The lowest BCUT2D eigenvalue weighted by atomic mass is 10.0. The van der Waals surface area contributed by atoms with Crippen LogP contribution in [-0.4, -0.2) is 54.9 Å². The number of piperidine rings is 1. The third-order valence-corrected chi connectivity index (χ3v) is 3.83. The molecule has 1 heterocycles. The van der Waals surface area contributed by atoms with E-state index in [-0.39, 0.29) is 24.5 Å². The summed E-state index contributed by atoms with van der Waals surface area (Å²) in [4.78, 5) is 25.1. The number of carbonyl (C=O) groups excluding carboxylic acids is 2. The van der Waals surface area contributed by atoms with Gasteiger partial charge < -0.3 is 15.0 Å². The summed E-state index contributed by atoms with van der Waals surface area (Å²) < 4.78 is 4.84. The number of nitrogens with zero attached hydrogens (tertiary/aromatic N) is 1. The van der Waals surface area contributed by atoms with E-state index in [1.54, 1.807) is 4.90 Å². The van der Waals surface area contributed by atoms with Crippen molar-refractivity contribution in [1.82, 2.24) is 10.2 Å². The van der Waals surface area contributed by atoms with Crippen LogP contribution in [0.2, 0.25) is 0 Å². The highest BCUT2D eigenvalue weighted by molar-refractivity contribution is 9.09. The van der Waals surface area contributed by atoms with E-state index < -0.39 is 0 Å². The summed E-state index contributed by atoms with van der Waals surface area (Å²) in [7, 11) is 1.53. The van der Waals surface area contributed by atoms with Gasteiger partial charge in [0.15, 0.2) is 0 Å². The number of rotatable bonds is 7. The average Bonchev–Trinajstić information content (AvgIpc) is 2.40. The summed E-state index contributed by atoms with van der Waals surface area (Å²) in [6.45, 7) is 1.55. The summed E-state index contributed by atoms with van der Waals surface area (Å²) in [6, 6.07) is 0.211. The highest BCUT2D eigenvalue weighted by atomic mass is 79.9. The van der Waals surface area contributed by atoms with Crippen molar-refractivity contribution in [2.45, 2.75) is 38.1 Å². The van der Waals surface area contributed by atoms with Crippen LogP contribution < -0.4 is 5.32 Å². The lowest BCUT2D eigenvalue weighted by Crippen LogP contribution is -2.47. The van der Waals surface area contributed by atoms with Crippen molar-refractivity contribution in [3.63, 3.8) is 0 Å². The molecule has 0 aromatic heterocycles. The Labute approximate surface area is 123 Å². The highest BCUT2D eigenvalue weighted by Gasteiger charge is 2.23. The van der Waals surface area contributed by atoms with Crippen LogP contribution >= 0.6 is 15.9 Å². The van der Waals surface area contributed by atoms with Crippen LogP contribution in [0.5, 0.6) is 0 Å². The minimum Gasteiger partial charge on any atom is -0.375 e. The summed E-state index contributed by atoms with van der Waals surface area (Å²) in [5.74, 6) is 0.159. The van der Waals surface area contributed by atoms with E-state index in [0.717, 1.165) is 31.0 Å². The molecule has 0 aliphatic carbocycles. The number of unbranched alkanes of at least 4 members (excludes halogenated alkanes) is 1. The molecule has 0 bridgehead atoms. The third kappa shape index (κ3) is 6.38. The second kappa shape index (κ2) is 9.31. The molecule has 0 aromatic rings. The van der Waals surface area contributed by atoms with Crippen molar-refractivity contribution in [2.24, 2.45) is 0 Å². The van der Waals surface area contributed by atoms with Gasteiger partial charge in [-0.3, -0.25) is 9.59 Å². The van der Waals surface area contributed by atoms with E-state index in [1.165, 1.54) is 7.11 Å². The quantitative estimate of drug-likeness (QED) is 0.564. The molecule has 1 aliphatic heterocycles. The Morgan fingerprint density at radius 3 is 2.58 bits per heavy atom. The molecule has 110 valence electrons. The number of methoxy groups -OCH3 is 1. The Balaban J connectivity index is 2.19. The Morgan fingerprint density at radius 2 is 2.00 bits per heavy atom. The van der Waals surface area contributed by atoms with Crippen LogP contribution in [0, 0.1) is 0 Å². The van der Waals surface area contributed by atoms with Crippen molar-refractivity contribution in [1.29, 1.82) is 0 Å². The summed E-state index contributed by atoms with van der Waals surface area (Å²) in [6.07, 6.45) is 4.20. The molecule has 1 rings (SSSR count). The van der Waals surface area contributed by atoms with Gasteiger partial charge in [-0.1, -0.05) is 15.9 Å². The Bertz CT molecular complexity index is 292. The summed E-state index contributed by atoms with van der Waals surface area (Å²) >= 11 is 3.35. The number of carbonyl (C=O) groups is 2. The van der Waals surface area contributed by atoms with Crippen LogP contribution in [0.15, 0.2) is 0 Å². The minimum atomic E-state index is 0.0320. The van der Waals surface area contributed by atoms with Gasteiger partial charge in [-0.05, 0) is 25.7 Å². The third-order valence-electron chi connectivity index (χ3n) is 3.27. The molecule has 19 heavy (non-hydrogen) atoms. The summed E-state index contributed by atoms with van der Waals surface area (Å²) in [5, 5.41) is 3.99. The standard InChI is InChI=1S/C13H23BrN2O3/c1-19-10-13(18)16-8-5-11(6-9-16)15-12(17)4-2-3-7-14/h11H,2-10H2,1H3,(H,15,17). The minimum absolute atomic E-state index is 0.0320. The molecule has 0 saturated carbocycles. The van der Waals surface area contributed by atoms with Crippen LogP contribution in [-0.2, 0) is 14.3 Å². The SMILES string of the molecule is COCC(=O)N1CCC(NC(=O)CCCCBr)CC1. The number of hydrogen-bond acceptors (Lipinski definition) is 3. The van der Waals surface area contributed by atoms with Crippen molar-refractivity contribution in [2.75, 3.05) is 32.1 Å². The molecule has 2 amide bonds. The zero-order valence-corrected chi connectivity index (χ0v) is 13.1. The number of nitrogens with one attached hydrogen (secondary N) is 1. The fraction of sp³-hybridized carbons (Fsp3) is 0.846. The number of hydrogen-bond donors (Lipinski definition) is 1. The number of alkyl halides is 1. The van der Waals surface area contributed by atoms with E-state index in [1.807, 2.05) is 0 Å². The second-order valence-corrected chi connectivity index (χ2v) is 5.59. The Hall–Kier alpha value is -0.620. The van der Waals surface area contributed by atoms with Crippen LogP contribution in [0.1, 0.15) is 32.1 Å². The van der Waals surface area contributed by atoms with E-state index in [9.17, 15) is 9.59 Å². The van der Waals surface area contributed by atoms with E-state index in [4.69, 9.17) is 4.74 Å². The van der Waals surface area contributed by atoms with Gasteiger partial charge in [0.05, 0.1) is 0 Å². The molecule has 0 spiro atoms. The molecule has 5 nitrogen and oxygen atoms in total. The van der Waals surface area contributed by atoms with Crippen molar-refractivity contribution >= 4 is 27.7 Å². The zero-order chi connectivity index (χ0) is 14.1. The van der Waals surface area contributed by atoms with Gasteiger partial charge in [-0.15, -0.1) is 0 Å². The molecule has 1 aliphatic rings. The fourth-order valence-corrected chi connectivity index (χ4v) is 2.56. The van der Waals surface area contributed by atoms with Gasteiger partial charge in [-0.25, -0.2) is 0 Å². The van der Waals surface area contributed by atoms with E-state index >= 15 is 0 Å². The lowest BCUT2D eigenvalue weighted by Gasteiger charge is -2.32. The number of ether oxygens (including phenoxy) is 1. The maximum Gasteiger partial charge on any atom is 0.248 e. The normalized spacial score (nSPS) is 16.4. The lowest BCUT2D eigenvalue weighted by molar-refractivity contribution is -0.136. The molecule has 0 unspecified atom stereocenters. The van der Waals surface area contributed by atoms with Gasteiger partial charge in [0.25, 0.3) is 0 Å². The van der Waals surface area contributed by atoms with Crippen molar-refractivity contribution < 1.29 is 14.3 Å². The maximum absolute atomic E-state index is 11.7. The predicted molar refractivity (Wildman–Crippen MR) is 77.3 cm³/mol. The monoisotopic (exact) mass is 334 g/mol. The molecular weight excluding hydrogens is 312 g/mol. The second-order valence-electron chi connectivity index (χ2n) is 4.80. The van der Waals surface area contributed by atoms with Crippen LogP contribution in [0.25, 0.3) is 0 Å². The number of amides is 2. The van der Waals surface area contributed by atoms with Gasteiger partial charge in [-0.2, -0.15) is 0 Å². The smallest absolute Gasteiger partial charge is 0.248 e. The van der Waals surface area contributed by atoms with Gasteiger partial charge >= 0.3 is 0 Å². The molecule has 0 atom stereocenters. The van der Waals surface area contributed by atoms with Gasteiger partial charge in [0.2, 0.25) is 11.8 Å². The fourth-order valence-electron chi connectivity index (χ4n) is 2.17. The van der Waals surface area contributed by atoms with E-state index in [0.29, 0.717) is 19.5 Å². The van der Waals surface area contributed by atoms with Crippen molar-refractivity contribution in [3.8, 4) is 0 Å². The first kappa shape index (κ1) is 16.4. The number of halogens is 1. The molecule has 1 fully saturated rings. The Morgan fingerprint density at radius 1 is 1.32 bits per heavy atom. The molecule has 1 saturated heterocycles. The van der Waals surface area contributed by atoms with E-state index in [2.05, 4.69) is 21.2 Å². The van der Waals surface area contributed by atoms with Crippen LogP contribution in [0.3, 0.4) is 0 Å². The first-order valence-electron chi connectivity index (χ1n) is 6.79. The van der Waals surface area contributed by atoms with Gasteiger partial charge in [0, 0.05) is 38.0 Å². The molecule has 6 heteroatoms. The van der Waals surface area contributed by atoms with Crippen LogP contribution in [0.4, 0.5) is 0 Å². The highest BCUT2D eigenvalue weighted by Crippen LogP contribution is 2.11. The van der Waals surface area contributed by atoms with Crippen molar-refractivity contribution in [3.05, 3.63) is 0 Å². The molecule has 0 aromatic carbocycles. The largest absolute Gasteiger partial charge is 0.375 e. The number of likely N-dealkylation sites (tertiary alicyclic amines) is 1. The molecule has 0 radical (unpaired) electrons. The molecule has 1 N–H and O–H groups in total. The maximum atomic E-state index is 11.7. The predicted octanol–water partition coefficient (Wildman–Crippen LogP) is 1.31. The topological polar surface area (TPSA) is 58.6 Å². The first-order chi connectivity index (χ1) is 9.17. The molecular formula is C13H23BrN2O3. The van der Waals surface area contributed by atoms with Gasteiger partial charge in [0.1, 0.15) is 6.61 Å². The zero-order valence-electron chi connectivity index (χ0n) is 11.5. The average molecular weight is 335 g/mol.